The lowest BCUT2D eigenvalue weighted by Gasteiger charge is -2.42. The lowest BCUT2D eigenvalue weighted by Crippen LogP contribution is -2.62. The molecule has 2 aliphatic heterocycles. The van der Waals surface area contributed by atoms with Gasteiger partial charge in [0.1, 0.15) is 18.8 Å². The summed E-state index contributed by atoms with van der Waals surface area (Å²) in [6.07, 6.45) is -9.75. The summed E-state index contributed by atoms with van der Waals surface area (Å²) in [5.41, 5.74) is 0.0271. The molecular weight excluding hydrogens is 514 g/mol. The number of hydrogen-bond acceptors (Lipinski definition) is 13. The molecule has 0 aliphatic carbocycles. The van der Waals surface area contributed by atoms with E-state index in [9.17, 15) is 39.0 Å². The van der Waals surface area contributed by atoms with Crippen molar-refractivity contribution in [3.05, 3.63) is 35.4 Å². The highest BCUT2D eigenvalue weighted by atomic mass is 16.8. The van der Waals surface area contributed by atoms with Gasteiger partial charge in [-0.3, -0.25) is 24.0 Å². The van der Waals surface area contributed by atoms with Crippen LogP contribution in [0.25, 0.3) is 0 Å². The molecule has 38 heavy (non-hydrogen) atoms. The van der Waals surface area contributed by atoms with E-state index in [-0.39, 0.29) is 16.2 Å². The molecule has 6 atom stereocenters. The Kier molecular flexibility index (Phi) is 9.11. The molecule has 2 aliphatic rings. The van der Waals surface area contributed by atoms with Crippen LogP contribution in [-0.4, -0.2) is 101 Å². The Balaban J connectivity index is 1.80. The van der Waals surface area contributed by atoms with Crippen LogP contribution in [0.15, 0.2) is 24.3 Å². The molecular formula is C23H25NO14. The maximum absolute atomic E-state index is 12.5. The molecule has 1 saturated heterocycles. The van der Waals surface area contributed by atoms with Crippen LogP contribution < -0.4 is 0 Å². The maximum Gasteiger partial charge on any atom is 0.338 e. The fourth-order valence-electron chi connectivity index (χ4n) is 3.72. The molecule has 15 heteroatoms. The number of benzene rings is 1. The van der Waals surface area contributed by atoms with Crippen LogP contribution in [0.3, 0.4) is 0 Å². The van der Waals surface area contributed by atoms with Crippen molar-refractivity contribution in [2.45, 2.75) is 57.6 Å². The summed E-state index contributed by atoms with van der Waals surface area (Å²) in [7, 11) is 0. The van der Waals surface area contributed by atoms with Gasteiger partial charge in [0, 0.05) is 20.8 Å². The third kappa shape index (κ3) is 6.49. The zero-order chi connectivity index (χ0) is 28.1. The van der Waals surface area contributed by atoms with Crippen molar-refractivity contribution in [3.8, 4) is 0 Å². The number of carboxylic acids is 1. The van der Waals surface area contributed by atoms with E-state index in [1.54, 1.807) is 0 Å². The number of carboxylic acid groups (broad SMARTS) is 1. The van der Waals surface area contributed by atoms with Gasteiger partial charge in [0.2, 0.25) is 6.10 Å². The number of amides is 2. The van der Waals surface area contributed by atoms with Crippen molar-refractivity contribution in [3.63, 3.8) is 0 Å². The van der Waals surface area contributed by atoms with Crippen molar-refractivity contribution in [1.29, 1.82) is 0 Å². The average molecular weight is 539 g/mol. The summed E-state index contributed by atoms with van der Waals surface area (Å²) < 4.78 is 26.1. The molecule has 2 N–H and O–H groups in total. The first-order valence-electron chi connectivity index (χ1n) is 11.2. The average Bonchev–Trinajstić information content (AvgIpc) is 3.08. The largest absolute Gasteiger partial charge is 0.479 e. The molecule has 0 bridgehead atoms. The number of fused-ring (bicyclic) bond motifs is 1. The van der Waals surface area contributed by atoms with Crippen LogP contribution in [0.2, 0.25) is 0 Å². The quantitative estimate of drug-likeness (QED) is 0.212. The van der Waals surface area contributed by atoms with E-state index >= 15 is 0 Å². The van der Waals surface area contributed by atoms with E-state index in [4.69, 9.17) is 28.5 Å². The second kappa shape index (κ2) is 12.1. The van der Waals surface area contributed by atoms with Crippen molar-refractivity contribution < 1.29 is 67.5 Å². The summed E-state index contributed by atoms with van der Waals surface area (Å²) >= 11 is 0. The van der Waals surface area contributed by atoms with Crippen LogP contribution >= 0.6 is 0 Å². The van der Waals surface area contributed by atoms with Gasteiger partial charge in [0.25, 0.3) is 11.8 Å². The fraction of sp³-hybridized carbons (Fsp3) is 0.478. The summed E-state index contributed by atoms with van der Waals surface area (Å²) in [6.45, 7) is 1.76. The zero-order valence-corrected chi connectivity index (χ0v) is 20.4. The third-order valence-corrected chi connectivity index (χ3v) is 5.35. The maximum atomic E-state index is 12.5. The number of esters is 3. The molecule has 2 amide bonds. The topological polar surface area (TPSA) is 201 Å². The first-order valence-corrected chi connectivity index (χ1v) is 11.2. The number of hydroxylamine groups is 2. The van der Waals surface area contributed by atoms with Crippen LogP contribution in [0.4, 0.5) is 0 Å². The molecule has 0 spiro atoms. The van der Waals surface area contributed by atoms with Gasteiger partial charge in [0.15, 0.2) is 18.5 Å². The minimum absolute atomic E-state index is 0.0135. The predicted octanol–water partition coefficient (Wildman–Crippen LogP) is -0.804. The normalized spacial score (nSPS) is 25.4. The number of nitrogens with zero attached hydrogens (tertiary/aromatic N) is 1. The van der Waals surface area contributed by atoms with Crippen LogP contribution in [-0.2, 0) is 47.7 Å². The standard InChI is InChI=1S/C23H25NO14/c1-10(25)33-8-15-17(28)18(35-11(2)26)19(36-12(3)27)23(37-15)34-9-16(22(31)32)38-24-20(29)13-6-4-5-7-14(13)21(24)30/h4-7,15-19,23,28H,8-9H2,1-3H3,(H,31,32)/t15-,16-,17-,18+,19-,23-/m1/s1. The summed E-state index contributed by atoms with van der Waals surface area (Å²) in [5, 5.41) is 20.6. The van der Waals surface area contributed by atoms with E-state index in [2.05, 4.69) is 0 Å². The Hall–Kier alpha value is -3.92. The number of ether oxygens (including phenoxy) is 5. The number of imide groups is 1. The number of aliphatic hydroxyl groups is 1. The Bertz CT molecular complexity index is 1080. The van der Waals surface area contributed by atoms with Gasteiger partial charge in [0.05, 0.1) is 17.7 Å². The summed E-state index contributed by atoms with van der Waals surface area (Å²) in [6, 6.07) is 5.77. The molecule has 0 aromatic heterocycles. The number of aliphatic carboxylic acids is 1. The molecule has 0 radical (unpaired) electrons. The highest BCUT2D eigenvalue weighted by Gasteiger charge is 2.51. The molecule has 0 saturated carbocycles. The lowest BCUT2D eigenvalue weighted by molar-refractivity contribution is -0.312. The first kappa shape index (κ1) is 28.6. The Morgan fingerprint density at radius 1 is 0.947 bits per heavy atom. The van der Waals surface area contributed by atoms with Crippen LogP contribution in [0, 0.1) is 0 Å². The minimum Gasteiger partial charge on any atom is -0.479 e. The number of rotatable bonds is 10. The fourth-order valence-corrected chi connectivity index (χ4v) is 3.72. The second-order valence-corrected chi connectivity index (χ2v) is 8.20. The first-order chi connectivity index (χ1) is 17.9. The van der Waals surface area contributed by atoms with Gasteiger partial charge in [-0.15, -0.1) is 5.06 Å². The second-order valence-electron chi connectivity index (χ2n) is 8.20. The van der Waals surface area contributed by atoms with Gasteiger partial charge >= 0.3 is 23.9 Å². The highest BCUT2D eigenvalue weighted by molar-refractivity contribution is 6.20. The van der Waals surface area contributed by atoms with Gasteiger partial charge in [-0.05, 0) is 12.1 Å². The molecule has 3 rings (SSSR count). The van der Waals surface area contributed by atoms with E-state index in [1.165, 1.54) is 24.3 Å². The smallest absolute Gasteiger partial charge is 0.338 e. The SMILES string of the molecule is CC(=O)OC[C@H]1O[C@@H](OC[C@@H](ON2C(=O)c3ccccc3C2=O)C(=O)O)[C@H](OC(C)=O)[C@@H](OC(C)=O)[C@@H]1O. The highest BCUT2D eigenvalue weighted by Crippen LogP contribution is 2.29. The number of aliphatic hydroxyl groups excluding tert-OH is 1. The van der Waals surface area contributed by atoms with Crippen molar-refractivity contribution in [1.82, 2.24) is 5.06 Å². The number of carbonyl (C=O) groups excluding carboxylic acids is 5. The van der Waals surface area contributed by atoms with E-state index < -0.39 is 85.7 Å². The van der Waals surface area contributed by atoms with Gasteiger partial charge in [-0.1, -0.05) is 12.1 Å². The Morgan fingerprint density at radius 3 is 2.00 bits per heavy atom. The third-order valence-electron chi connectivity index (χ3n) is 5.35. The molecule has 1 aromatic carbocycles. The molecule has 206 valence electrons. The van der Waals surface area contributed by atoms with Gasteiger partial charge < -0.3 is 33.9 Å². The van der Waals surface area contributed by atoms with Gasteiger partial charge in [-0.2, -0.15) is 0 Å². The van der Waals surface area contributed by atoms with Crippen molar-refractivity contribution >= 4 is 35.7 Å². The molecule has 0 unspecified atom stereocenters. The molecule has 2 heterocycles. The molecule has 1 fully saturated rings. The monoisotopic (exact) mass is 539 g/mol. The van der Waals surface area contributed by atoms with Crippen molar-refractivity contribution in [2.75, 3.05) is 13.2 Å². The molecule has 15 nitrogen and oxygen atoms in total. The Morgan fingerprint density at radius 2 is 1.50 bits per heavy atom. The molecule has 1 aromatic rings. The van der Waals surface area contributed by atoms with Crippen LogP contribution in [0.5, 0.6) is 0 Å². The summed E-state index contributed by atoms with van der Waals surface area (Å²) in [4.78, 5) is 76.7. The predicted molar refractivity (Wildman–Crippen MR) is 118 cm³/mol. The lowest BCUT2D eigenvalue weighted by atomic mass is 9.98. The van der Waals surface area contributed by atoms with E-state index in [0.29, 0.717) is 0 Å². The summed E-state index contributed by atoms with van der Waals surface area (Å²) in [5.74, 6) is -5.87. The van der Waals surface area contributed by atoms with Crippen LogP contribution in [0.1, 0.15) is 41.5 Å². The van der Waals surface area contributed by atoms with E-state index in [0.717, 1.165) is 20.8 Å². The van der Waals surface area contributed by atoms with E-state index in [1.807, 2.05) is 0 Å². The van der Waals surface area contributed by atoms with Crippen molar-refractivity contribution in [2.24, 2.45) is 0 Å². The van der Waals surface area contributed by atoms with Gasteiger partial charge in [-0.25, -0.2) is 9.63 Å². The number of hydrogen-bond donors (Lipinski definition) is 2. The minimum atomic E-state index is -1.94. The Labute approximate surface area is 215 Å². The zero-order valence-electron chi connectivity index (χ0n) is 20.4. The number of carbonyl (C=O) groups is 6.